The molecule has 0 saturated heterocycles. The summed E-state index contributed by atoms with van der Waals surface area (Å²) in [5, 5.41) is 2.54. The van der Waals surface area contributed by atoms with Crippen LogP contribution >= 0.6 is 0 Å². The highest BCUT2D eigenvalue weighted by molar-refractivity contribution is 7.92. The fourth-order valence-corrected chi connectivity index (χ4v) is 3.73. The molecule has 8 heteroatoms. The molecule has 0 aromatic heterocycles. The lowest BCUT2D eigenvalue weighted by molar-refractivity contribution is 0.102. The van der Waals surface area contributed by atoms with Crippen LogP contribution in [0, 0.1) is 12.7 Å². The van der Waals surface area contributed by atoms with Gasteiger partial charge in [0.25, 0.3) is 15.9 Å². The lowest BCUT2D eigenvalue weighted by Crippen LogP contribution is -2.15. The van der Waals surface area contributed by atoms with Crippen LogP contribution in [-0.4, -0.2) is 21.4 Å². The third-order valence-electron chi connectivity index (χ3n) is 4.14. The Labute approximate surface area is 168 Å². The van der Waals surface area contributed by atoms with Gasteiger partial charge in [-0.2, -0.15) is 0 Å². The Morgan fingerprint density at radius 3 is 2.34 bits per heavy atom. The normalized spacial score (nSPS) is 11.0. The zero-order valence-corrected chi connectivity index (χ0v) is 16.6. The Morgan fingerprint density at radius 1 is 1.00 bits per heavy atom. The molecule has 3 aromatic carbocycles. The molecule has 150 valence electrons. The molecule has 0 bridgehead atoms. The topological polar surface area (TPSA) is 84.5 Å². The van der Waals surface area contributed by atoms with Crippen LogP contribution in [0.2, 0.25) is 0 Å². The minimum Gasteiger partial charge on any atom is -0.495 e. The van der Waals surface area contributed by atoms with E-state index in [9.17, 15) is 17.6 Å². The molecule has 0 aliphatic carbocycles. The third kappa shape index (κ3) is 4.72. The van der Waals surface area contributed by atoms with Crippen LogP contribution in [0.4, 0.5) is 15.8 Å². The molecule has 3 rings (SSSR count). The lowest BCUT2D eigenvalue weighted by Gasteiger charge is -2.13. The van der Waals surface area contributed by atoms with Crippen molar-refractivity contribution in [2.45, 2.75) is 11.8 Å². The van der Waals surface area contributed by atoms with E-state index < -0.39 is 21.7 Å². The van der Waals surface area contributed by atoms with Gasteiger partial charge < -0.3 is 10.1 Å². The van der Waals surface area contributed by atoms with Gasteiger partial charge >= 0.3 is 0 Å². The maximum absolute atomic E-state index is 13.7. The van der Waals surface area contributed by atoms with Gasteiger partial charge in [0.2, 0.25) is 0 Å². The Morgan fingerprint density at radius 2 is 1.69 bits per heavy atom. The van der Waals surface area contributed by atoms with Crippen molar-refractivity contribution in [2.24, 2.45) is 0 Å². The molecule has 0 saturated carbocycles. The molecule has 2 N–H and O–H groups in total. The molecule has 1 amide bonds. The standard InChI is InChI=1S/C21H19FN2O4S/c1-14-7-12-20(28-2)19(13-14)24-29(26,27)16-10-8-15(9-11-16)23-21(25)17-5-3-4-6-18(17)22/h3-13,24H,1-2H3,(H,23,25). The van der Waals surface area contributed by atoms with Gasteiger partial charge in [0.05, 0.1) is 23.3 Å². The van der Waals surface area contributed by atoms with Gasteiger partial charge in [-0.3, -0.25) is 9.52 Å². The van der Waals surface area contributed by atoms with Crippen LogP contribution in [0.1, 0.15) is 15.9 Å². The number of ether oxygens (including phenoxy) is 1. The zero-order valence-electron chi connectivity index (χ0n) is 15.8. The highest BCUT2D eigenvalue weighted by atomic mass is 32.2. The molecular formula is C21H19FN2O4S. The Balaban J connectivity index is 1.78. The monoisotopic (exact) mass is 414 g/mol. The van der Waals surface area contributed by atoms with Crippen molar-refractivity contribution in [2.75, 3.05) is 17.1 Å². The number of rotatable bonds is 6. The summed E-state index contributed by atoms with van der Waals surface area (Å²) in [7, 11) is -2.42. The summed E-state index contributed by atoms with van der Waals surface area (Å²) in [6, 6.07) is 16.3. The fraction of sp³-hybridized carbons (Fsp3) is 0.0952. The minimum atomic E-state index is -3.87. The molecule has 0 atom stereocenters. The molecule has 3 aromatic rings. The number of methoxy groups -OCH3 is 1. The number of hydrogen-bond acceptors (Lipinski definition) is 4. The predicted octanol–water partition coefficient (Wildman–Crippen LogP) is 4.20. The summed E-state index contributed by atoms with van der Waals surface area (Å²) >= 11 is 0. The number of amides is 1. The first-order valence-electron chi connectivity index (χ1n) is 8.63. The van der Waals surface area contributed by atoms with Gasteiger partial charge in [0, 0.05) is 5.69 Å². The Kier molecular flexibility index (Phi) is 5.84. The molecule has 0 fully saturated rings. The van der Waals surface area contributed by atoms with E-state index in [-0.39, 0.29) is 10.5 Å². The van der Waals surface area contributed by atoms with Crippen LogP contribution in [0.5, 0.6) is 5.75 Å². The van der Waals surface area contributed by atoms with Crippen molar-refractivity contribution in [3.8, 4) is 5.75 Å². The van der Waals surface area contributed by atoms with Crippen LogP contribution in [0.3, 0.4) is 0 Å². The van der Waals surface area contributed by atoms with Gasteiger partial charge in [-0.05, 0) is 61.0 Å². The van der Waals surface area contributed by atoms with E-state index in [1.807, 2.05) is 13.0 Å². The third-order valence-corrected chi connectivity index (χ3v) is 5.52. The summed E-state index contributed by atoms with van der Waals surface area (Å²) in [6.07, 6.45) is 0. The van der Waals surface area contributed by atoms with E-state index in [2.05, 4.69) is 10.0 Å². The first kappa shape index (κ1) is 20.3. The van der Waals surface area contributed by atoms with Gasteiger partial charge in [-0.25, -0.2) is 12.8 Å². The number of anilines is 2. The SMILES string of the molecule is COc1ccc(C)cc1NS(=O)(=O)c1ccc(NC(=O)c2ccccc2F)cc1. The largest absolute Gasteiger partial charge is 0.495 e. The number of sulfonamides is 1. The molecule has 0 heterocycles. The number of carbonyl (C=O) groups is 1. The van der Waals surface area contributed by atoms with E-state index in [1.54, 1.807) is 18.2 Å². The van der Waals surface area contributed by atoms with Crippen molar-refractivity contribution >= 4 is 27.3 Å². The first-order chi connectivity index (χ1) is 13.8. The van der Waals surface area contributed by atoms with Gasteiger partial charge in [0.15, 0.2) is 0 Å². The number of benzene rings is 3. The van der Waals surface area contributed by atoms with Crippen molar-refractivity contribution < 1.29 is 22.3 Å². The second-order valence-electron chi connectivity index (χ2n) is 6.27. The number of nitrogens with one attached hydrogen (secondary N) is 2. The summed E-state index contributed by atoms with van der Waals surface area (Å²) < 4.78 is 46.7. The number of hydrogen-bond donors (Lipinski definition) is 2. The molecule has 6 nitrogen and oxygen atoms in total. The molecule has 0 aliphatic heterocycles. The van der Waals surface area contributed by atoms with E-state index in [1.165, 1.54) is 49.6 Å². The second kappa shape index (κ2) is 8.32. The minimum absolute atomic E-state index is 0.00458. The quantitative estimate of drug-likeness (QED) is 0.633. The van der Waals surface area contributed by atoms with Crippen LogP contribution < -0.4 is 14.8 Å². The van der Waals surface area contributed by atoms with Crippen molar-refractivity contribution in [3.63, 3.8) is 0 Å². The number of halogens is 1. The second-order valence-corrected chi connectivity index (χ2v) is 7.95. The maximum atomic E-state index is 13.7. The highest BCUT2D eigenvalue weighted by Crippen LogP contribution is 2.28. The van der Waals surface area contributed by atoms with Crippen LogP contribution in [0.25, 0.3) is 0 Å². The van der Waals surface area contributed by atoms with E-state index in [0.717, 1.165) is 5.56 Å². The summed E-state index contributed by atoms with van der Waals surface area (Å²) in [4.78, 5) is 12.2. The molecule has 0 radical (unpaired) electrons. The molecule has 0 spiro atoms. The van der Waals surface area contributed by atoms with Crippen molar-refractivity contribution in [3.05, 3.63) is 83.7 Å². The predicted molar refractivity (Wildman–Crippen MR) is 109 cm³/mol. The summed E-state index contributed by atoms with van der Waals surface area (Å²) in [5.41, 5.74) is 1.43. The number of aryl methyl sites for hydroxylation is 1. The maximum Gasteiger partial charge on any atom is 0.262 e. The highest BCUT2D eigenvalue weighted by Gasteiger charge is 2.17. The molecule has 0 unspecified atom stereocenters. The smallest absolute Gasteiger partial charge is 0.262 e. The Hall–Kier alpha value is -3.39. The lowest BCUT2D eigenvalue weighted by atomic mass is 10.2. The van der Waals surface area contributed by atoms with Crippen molar-refractivity contribution in [1.29, 1.82) is 0 Å². The Bertz CT molecular complexity index is 1150. The van der Waals surface area contributed by atoms with Crippen LogP contribution in [0.15, 0.2) is 71.6 Å². The molecule has 29 heavy (non-hydrogen) atoms. The van der Waals surface area contributed by atoms with Crippen molar-refractivity contribution in [1.82, 2.24) is 0 Å². The summed E-state index contributed by atoms with van der Waals surface area (Å²) in [6.45, 7) is 1.84. The average molecular weight is 414 g/mol. The van der Waals surface area contributed by atoms with Gasteiger partial charge in [-0.15, -0.1) is 0 Å². The number of carbonyl (C=O) groups excluding carboxylic acids is 1. The van der Waals surface area contributed by atoms with Gasteiger partial charge in [0.1, 0.15) is 11.6 Å². The van der Waals surface area contributed by atoms with E-state index >= 15 is 0 Å². The van der Waals surface area contributed by atoms with E-state index in [0.29, 0.717) is 17.1 Å². The molecule has 0 aliphatic rings. The van der Waals surface area contributed by atoms with Gasteiger partial charge in [-0.1, -0.05) is 18.2 Å². The first-order valence-corrected chi connectivity index (χ1v) is 10.1. The molecular weight excluding hydrogens is 395 g/mol. The average Bonchev–Trinajstić information content (AvgIpc) is 2.68. The van der Waals surface area contributed by atoms with E-state index in [4.69, 9.17) is 4.74 Å². The fourth-order valence-electron chi connectivity index (χ4n) is 2.67. The summed E-state index contributed by atoms with van der Waals surface area (Å²) in [5.74, 6) is -0.866. The van der Waals surface area contributed by atoms with Crippen LogP contribution in [-0.2, 0) is 10.0 Å². The zero-order chi connectivity index (χ0) is 21.0.